The zero-order valence-electron chi connectivity index (χ0n) is 14.3. The number of pyridine rings is 1. The summed E-state index contributed by atoms with van der Waals surface area (Å²) in [6.45, 7) is 6.05. The molecule has 0 amide bonds. The van der Waals surface area contributed by atoms with Gasteiger partial charge >= 0.3 is 5.97 Å². The smallest absolute Gasteiger partial charge is 0.375 e. The van der Waals surface area contributed by atoms with Crippen LogP contribution in [0.2, 0.25) is 0 Å². The number of aryl methyl sites for hydroxylation is 1. The lowest BCUT2D eigenvalue weighted by Gasteiger charge is -2.51. The van der Waals surface area contributed by atoms with Crippen molar-refractivity contribution in [2.75, 3.05) is 18.0 Å². The van der Waals surface area contributed by atoms with Gasteiger partial charge in [-0.15, -0.1) is 5.10 Å². The lowest BCUT2D eigenvalue weighted by molar-refractivity contribution is 0.0684. The fraction of sp³-hybridized carbons (Fsp3) is 0.316. The van der Waals surface area contributed by atoms with Crippen molar-refractivity contribution in [1.29, 1.82) is 0 Å². The van der Waals surface area contributed by atoms with Gasteiger partial charge in [0.15, 0.2) is 5.65 Å². The first-order valence-corrected chi connectivity index (χ1v) is 8.43. The van der Waals surface area contributed by atoms with Crippen LogP contribution in [-0.2, 0) is 5.41 Å². The Kier molecular flexibility index (Phi) is 3.49. The molecule has 25 heavy (non-hydrogen) atoms. The molecule has 1 aromatic carbocycles. The van der Waals surface area contributed by atoms with Crippen molar-refractivity contribution < 1.29 is 9.90 Å². The third-order valence-electron chi connectivity index (χ3n) is 5.21. The van der Waals surface area contributed by atoms with Gasteiger partial charge in [0.2, 0.25) is 0 Å². The van der Waals surface area contributed by atoms with Gasteiger partial charge < -0.3 is 10.0 Å². The van der Waals surface area contributed by atoms with Crippen LogP contribution in [0.3, 0.4) is 0 Å². The third kappa shape index (κ3) is 2.45. The van der Waals surface area contributed by atoms with Crippen molar-refractivity contribution in [2.45, 2.75) is 25.7 Å². The summed E-state index contributed by atoms with van der Waals surface area (Å²) in [6.07, 6.45) is 2.95. The van der Waals surface area contributed by atoms with Crippen LogP contribution in [0.15, 0.2) is 42.6 Å². The van der Waals surface area contributed by atoms with Gasteiger partial charge in [-0.2, -0.15) is 0 Å². The van der Waals surface area contributed by atoms with E-state index >= 15 is 0 Å². The van der Waals surface area contributed by atoms with E-state index in [1.54, 1.807) is 4.52 Å². The van der Waals surface area contributed by atoms with Gasteiger partial charge in [-0.25, -0.2) is 14.3 Å². The molecule has 0 unspecified atom stereocenters. The first-order chi connectivity index (χ1) is 12.0. The van der Waals surface area contributed by atoms with Crippen LogP contribution in [0.5, 0.6) is 0 Å². The van der Waals surface area contributed by atoms with Gasteiger partial charge in [0.05, 0.1) is 11.9 Å². The van der Waals surface area contributed by atoms with Crippen LogP contribution < -0.4 is 4.90 Å². The summed E-state index contributed by atoms with van der Waals surface area (Å²) in [5, 5.41) is 13.2. The zero-order chi connectivity index (χ0) is 17.6. The van der Waals surface area contributed by atoms with E-state index in [0.29, 0.717) is 5.65 Å². The van der Waals surface area contributed by atoms with Crippen molar-refractivity contribution >= 4 is 17.3 Å². The molecule has 4 rings (SSSR count). The highest BCUT2D eigenvalue weighted by Crippen LogP contribution is 2.40. The Balaban J connectivity index is 1.65. The average molecular weight is 336 g/mol. The van der Waals surface area contributed by atoms with E-state index in [4.69, 9.17) is 5.11 Å². The van der Waals surface area contributed by atoms with Gasteiger partial charge in [-0.05, 0) is 30.5 Å². The summed E-state index contributed by atoms with van der Waals surface area (Å²) in [5.74, 6) is -1.28. The molecule has 0 atom stereocenters. The molecule has 1 fully saturated rings. The quantitative estimate of drug-likeness (QED) is 0.793. The fourth-order valence-electron chi connectivity index (χ4n) is 3.66. The van der Waals surface area contributed by atoms with Crippen molar-refractivity contribution in [3.63, 3.8) is 0 Å². The molecule has 0 spiro atoms. The molecule has 1 N–H and O–H groups in total. The Morgan fingerprint density at radius 2 is 2.00 bits per heavy atom. The molecule has 0 aliphatic carbocycles. The normalized spacial score (nSPS) is 16.0. The number of rotatable bonds is 4. The lowest BCUT2D eigenvalue weighted by atomic mass is 9.71. The summed E-state index contributed by atoms with van der Waals surface area (Å²) < 4.78 is 1.57. The Hall–Kier alpha value is -2.89. The minimum Gasteiger partial charge on any atom is -0.475 e. The highest BCUT2D eigenvalue weighted by molar-refractivity contribution is 5.84. The van der Waals surface area contributed by atoms with Crippen LogP contribution in [0, 0.1) is 6.92 Å². The molecule has 128 valence electrons. The largest absolute Gasteiger partial charge is 0.475 e. The van der Waals surface area contributed by atoms with Gasteiger partial charge in [0.1, 0.15) is 0 Å². The van der Waals surface area contributed by atoms with Crippen molar-refractivity contribution in [3.05, 3.63) is 59.5 Å². The summed E-state index contributed by atoms with van der Waals surface area (Å²) in [5.41, 5.74) is 4.11. The molecule has 2 aromatic heterocycles. The van der Waals surface area contributed by atoms with Crippen LogP contribution in [0.4, 0.5) is 5.69 Å². The highest BCUT2D eigenvalue weighted by Gasteiger charge is 2.43. The second kappa shape index (κ2) is 5.58. The zero-order valence-corrected chi connectivity index (χ0v) is 14.3. The van der Waals surface area contributed by atoms with E-state index in [1.807, 2.05) is 19.2 Å². The molecule has 0 saturated carbocycles. The number of benzene rings is 1. The number of anilines is 1. The first-order valence-electron chi connectivity index (χ1n) is 8.43. The molecule has 1 aliphatic rings. The second-order valence-electron chi connectivity index (χ2n) is 6.75. The maximum absolute atomic E-state index is 11.1. The molecule has 0 bridgehead atoms. The van der Waals surface area contributed by atoms with Gasteiger partial charge in [0.25, 0.3) is 5.82 Å². The maximum atomic E-state index is 11.1. The van der Waals surface area contributed by atoms with Crippen LogP contribution >= 0.6 is 0 Å². The molecular formula is C19H20N4O2. The average Bonchev–Trinajstić information content (AvgIpc) is 3.01. The Morgan fingerprint density at radius 3 is 2.64 bits per heavy atom. The summed E-state index contributed by atoms with van der Waals surface area (Å²) in [7, 11) is 0. The number of fused-ring (bicyclic) bond motifs is 1. The van der Waals surface area contributed by atoms with E-state index in [2.05, 4.69) is 52.2 Å². The molecule has 6 nitrogen and oxygen atoms in total. The number of carboxylic acid groups (broad SMARTS) is 1. The van der Waals surface area contributed by atoms with E-state index in [-0.39, 0.29) is 11.2 Å². The minimum absolute atomic E-state index is 0.170. The first kappa shape index (κ1) is 15.6. The number of carboxylic acids is 1. The van der Waals surface area contributed by atoms with Crippen LogP contribution in [-0.4, -0.2) is 38.8 Å². The summed E-state index contributed by atoms with van der Waals surface area (Å²) >= 11 is 0. The standard InChI is InChI=1S/C19H20N4O2/c1-3-19(14-7-5-4-6-8-14)11-22(12-19)15-9-13(2)17-20-16(18(24)25)21-23(17)10-15/h4-10H,3,11-12H2,1-2H3,(H,24,25). The monoisotopic (exact) mass is 336 g/mol. The van der Waals surface area contributed by atoms with Crippen molar-refractivity contribution in [2.24, 2.45) is 0 Å². The number of hydrogen-bond donors (Lipinski definition) is 1. The Labute approximate surface area is 145 Å². The number of hydrogen-bond acceptors (Lipinski definition) is 4. The summed E-state index contributed by atoms with van der Waals surface area (Å²) in [6, 6.07) is 12.7. The molecule has 3 heterocycles. The molecule has 0 radical (unpaired) electrons. The maximum Gasteiger partial charge on any atom is 0.375 e. The Morgan fingerprint density at radius 1 is 1.28 bits per heavy atom. The summed E-state index contributed by atoms with van der Waals surface area (Å²) in [4.78, 5) is 17.5. The Bertz CT molecular complexity index is 943. The van der Waals surface area contributed by atoms with E-state index in [1.165, 1.54) is 5.56 Å². The van der Waals surface area contributed by atoms with Crippen molar-refractivity contribution in [3.8, 4) is 0 Å². The minimum atomic E-state index is -1.11. The van der Waals surface area contributed by atoms with E-state index in [0.717, 1.165) is 30.8 Å². The molecule has 6 heteroatoms. The predicted molar refractivity (Wildman–Crippen MR) is 95.3 cm³/mol. The molecular weight excluding hydrogens is 316 g/mol. The predicted octanol–water partition coefficient (Wildman–Crippen LogP) is 2.90. The number of nitrogens with zero attached hydrogens (tertiary/aromatic N) is 4. The topological polar surface area (TPSA) is 70.7 Å². The SMILES string of the molecule is CCC1(c2ccccc2)CN(c2cc(C)c3nc(C(=O)O)nn3c2)C1. The second-order valence-corrected chi connectivity index (χ2v) is 6.75. The third-order valence-corrected chi connectivity index (χ3v) is 5.21. The highest BCUT2D eigenvalue weighted by atomic mass is 16.4. The number of aromatic carboxylic acids is 1. The van der Waals surface area contributed by atoms with Crippen molar-refractivity contribution in [1.82, 2.24) is 14.6 Å². The van der Waals surface area contributed by atoms with Gasteiger partial charge in [-0.1, -0.05) is 37.3 Å². The molecule has 3 aromatic rings. The van der Waals surface area contributed by atoms with Gasteiger partial charge in [0, 0.05) is 18.5 Å². The van der Waals surface area contributed by atoms with Crippen LogP contribution in [0.25, 0.3) is 5.65 Å². The van der Waals surface area contributed by atoms with E-state index < -0.39 is 5.97 Å². The molecule has 1 aliphatic heterocycles. The molecule has 1 saturated heterocycles. The number of carbonyl (C=O) groups is 1. The fourth-order valence-corrected chi connectivity index (χ4v) is 3.66. The van der Waals surface area contributed by atoms with Crippen LogP contribution in [0.1, 0.15) is 35.1 Å². The van der Waals surface area contributed by atoms with E-state index in [9.17, 15) is 4.79 Å². The van der Waals surface area contributed by atoms with Gasteiger partial charge in [-0.3, -0.25) is 0 Å². The number of aromatic nitrogens is 3. The lowest BCUT2D eigenvalue weighted by Crippen LogP contribution is -2.59.